The Kier molecular flexibility index (Phi) is 7.13. The Labute approximate surface area is 187 Å². The highest BCUT2D eigenvalue weighted by Gasteiger charge is 2.26. The first kappa shape index (κ1) is 22.1. The van der Waals surface area contributed by atoms with Gasteiger partial charge in [0.05, 0.1) is 28.9 Å². The molecule has 2 atom stereocenters. The second kappa shape index (κ2) is 10.0. The number of hydrogen-bond donors (Lipinski definition) is 0. The van der Waals surface area contributed by atoms with E-state index >= 15 is 0 Å². The minimum absolute atomic E-state index is 0.0226. The van der Waals surface area contributed by atoms with E-state index in [1.165, 1.54) is 30.2 Å². The van der Waals surface area contributed by atoms with Gasteiger partial charge in [-0.25, -0.2) is 4.98 Å². The van der Waals surface area contributed by atoms with E-state index in [9.17, 15) is 9.59 Å². The van der Waals surface area contributed by atoms with Crippen LogP contribution in [0.5, 0.6) is 0 Å². The van der Waals surface area contributed by atoms with Crippen LogP contribution in [0.3, 0.4) is 0 Å². The molecule has 0 bridgehead atoms. The number of fused-ring (bicyclic) bond motifs is 1. The molecule has 0 spiro atoms. The Hall–Kier alpha value is -2.12. The fraction of sp³-hybridized carbons (Fsp3) is 0.542. The molecule has 166 valence electrons. The van der Waals surface area contributed by atoms with Gasteiger partial charge in [-0.3, -0.25) is 14.2 Å². The summed E-state index contributed by atoms with van der Waals surface area (Å²) in [4.78, 5) is 32.7. The number of carbonyl (C=O) groups excluding carboxylic acids is 1. The van der Waals surface area contributed by atoms with Crippen LogP contribution in [-0.4, -0.2) is 51.4 Å². The summed E-state index contributed by atoms with van der Waals surface area (Å²) in [6.45, 7) is 5.80. The van der Waals surface area contributed by atoms with Crippen molar-refractivity contribution in [2.24, 2.45) is 0 Å². The number of thioether (sulfide) groups is 1. The lowest BCUT2D eigenvalue weighted by Gasteiger charge is -2.35. The number of aromatic nitrogens is 2. The minimum Gasteiger partial charge on any atom is -0.372 e. The molecule has 7 heteroatoms. The summed E-state index contributed by atoms with van der Waals surface area (Å²) in [7, 11) is 0. The van der Waals surface area contributed by atoms with Crippen LogP contribution >= 0.6 is 11.8 Å². The maximum Gasteiger partial charge on any atom is 0.262 e. The van der Waals surface area contributed by atoms with Crippen molar-refractivity contribution in [3.63, 3.8) is 0 Å². The highest BCUT2D eigenvalue weighted by molar-refractivity contribution is 7.99. The first-order valence-corrected chi connectivity index (χ1v) is 12.2. The maximum atomic E-state index is 13.2. The Balaban J connectivity index is 1.54. The quantitative estimate of drug-likeness (QED) is 0.385. The molecule has 0 N–H and O–H groups in total. The fourth-order valence-corrected chi connectivity index (χ4v) is 5.37. The highest BCUT2D eigenvalue weighted by Crippen LogP contribution is 2.23. The molecule has 1 aromatic carbocycles. The number of ether oxygens (including phenoxy) is 1. The van der Waals surface area contributed by atoms with Crippen molar-refractivity contribution in [3.05, 3.63) is 46.3 Å². The van der Waals surface area contributed by atoms with Crippen LogP contribution < -0.4 is 5.56 Å². The van der Waals surface area contributed by atoms with Gasteiger partial charge in [0.25, 0.3) is 5.56 Å². The van der Waals surface area contributed by atoms with E-state index in [1.807, 2.05) is 43.0 Å². The monoisotopic (exact) mass is 441 g/mol. The van der Waals surface area contributed by atoms with Gasteiger partial charge >= 0.3 is 0 Å². The minimum atomic E-state index is -0.0226. The first-order valence-electron chi connectivity index (χ1n) is 11.2. The number of nitrogens with zero attached hydrogens (tertiary/aromatic N) is 3. The fourth-order valence-electron chi connectivity index (χ4n) is 4.44. The van der Waals surface area contributed by atoms with Gasteiger partial charge in [-0.1, -0.05) is 35.5 Å². The van der Waals surface area contributed by atoms with Crippen LogP contribution in [0.2, 0.25) is 0 Å². The van der Waals surface area contributed by atoms with Crippen LogP contribution in [0.15, 0.2) is 45.9 Å². The molecule has 1 aromatic heterocycles. The molecule has 6 nitrogen and oxygen atoms in total. The normalized spacial score (nSPS) is 21.9. The van der Waals surface area contributed by atoms with Crippen molar-refractivity contribution in [1.29, 1.82) is 0 Å². The summed E-state index contributed by atoms with van der Waals surface area (Å²) >= 11 is 1.37. The molecular weight excluding hydrogens is 410 g/mol. The third-order valence-corrected chi connectivity index (χ3v) is 6.93. The number of rotatable bonds is 6. The van der Waals surface area contributed by atoms with Crippen LogP contribution in [0.25, 0.3) is 10.9 Å². The van der Waals surface area contributed by atoms with E-state index in [4.69, 9.17) is 9.72 Å². The third-order valence-electron chi connectivity index (χ3n) is 5.97. The summed E-state index contributed by atoms with van der Waals surface area (Å²) in [5.41, 5.74) is 2.09. The van der Waals surface area contributed by atoms with Crippen LogP contribution in [0.4, 0.5) is 0 Å². The second-order valence-electron chi connectivity index (χ2n) is 8.57. The van der Waals surface area contributed by atoms with Gasteiger partial charge in [-0.05, 0) is 58.1 Å². The summed E-state index contributed by atoms with van der Waals surface area (Å²) in [6.07, 6.45) is 7.99. The number of amides is 1. The van der Waals surface area contributed by atoms with Gasteiger partial charge in [0.2, 0.25) is 5.91 Å². The van der Waals surface area contributed by atoms with Gasteiger partial charge in [-0.2, -0.15) is 0 Å². The van der Waals surface area contributed by atoms with Gasteiger partial charge in [0.1, 0.15) is 0 Å². The lowest BCUT2D eigenvalue weighted by molar-refractivity contribution is -0.140. The third kappa shape index (κ3) is 5.39. The average Bonchev–Trinajstić information content (AvgIpc) is 2.77. The predicted octanol–water partition coefficient (Wildman–Crippen LogP) is 4.01. The van der Waals surface area contributed by atoms with E-state index in [1.54, 1.807) is 4.57 Å². The molecule has 1 aliphatic carbocycles. The average molecular weight is 442 g/mol. The van der Waals surface area contributed by atoms with Crippen molar-refractivity contribution in [2.45, 2.75) is 69.9 Å². The highest BCUT2D eigenvalue weighted by atomic mass is 32.2. The molecule has 1 amide bonds. The molecule has 31 heavy (non-hydrogen) atoms. The molecule has 1 fully saturated rings. The van der Waals surface area contributed by atoms with Gasteiger partial charge in [0, 0.05) is 19.6 Å². The number of carbonyl (C=O) groups is 1. The Bertz CT molecular complexity index is 1020. The zero-order valence-electron chi connectivity index (χ0n) is 18.4. The Morgan fingerprint density at radius 2 is 1.97 bits per heavy atom. The van der Waals surface area contributed by atoms with Crippen LogP contribution in [0, 0.1) is 0 Å². The van der Waals surface area contributed by atoms with Crippen LogP contribution in [0.1, 0.15) is 46.0 Å². The topological polar surface area (TPSA) is 64.4 Å². The van der Waals surface area contributed by atoms with Crippen molar-refractivity contribution in [2.75, 3.05) is 18.8 Å². The molecule has 0 radical (unpaired) electrons. The number of hydrogen-bond acceptors (Lipinski definition) is 5. The molecule has 2 heterocycles. The molecular formula is C24H31N3O3S. The summed E-state index contributed by atoms with van der Waals surface area (Å²) in [5, 5.41) is 1.26. The lowest BCUT2D eigenvalue weighted by Crippen LogP contribution is -2.48. The molecule has 2 aliphatic rings. The van der Waals surface area contributed by atoms with E-state index in [0.29, 0.717) is 35.7 Å². The second-order valence-corrected chi connectivity index (χ2v) is 9.51. The number of morpholine rings is 1. The standard InChI is InChI=1S/C24H31N3O3S/c1-17-14-26(15-18(2)30-17)22(28)16-31-24-25-21-11-7-6-10-20(21)23(29)27(24)13-12-19-8-4-3-5-9-19/h6-8,10-11,17-18H,3-5,9,12-16H2,1-2H3. The first-order chi connectivity index (χ1) is 15.0. The zero-order chi connectivity index (χ0) is 21.8. The molecule has 2 aromatic rings. The van der Waals surface area contributed by atoms with E-state index in [2.05, 4.69) is 6.08 Å². The lowest BCUT2D eigenvalue weighted by atomic mass is 9.97. The van der Waals surface area contributed by atoms with E-state index in [0.717, 1.165) is 19.3 Å². The number of benzene rings is 1. The zero-order valence-corrected chi connectivity index (χ0v) is 19.2. The summed E-state index contributed by atoms with van der Waals surface area (Å²) in [6, 6.07) is 7.46. The van der Waals surface area contributed by atoms with Gasteiger partial charge in [0.15, 0.2) is 5.16 Å². The van der Waals surface area contributed by atoms with Crippen LogP contribution in [-0.2, 0) is 16.1 Å². The number of allylic oxidation sites excluding steroid dienone is 2. The molecule has 4 rings (SSSR count). The van der Waals surface area contributed by atoms with Crippen molar-refractivity contribution >= 4 is 28.6 Å². The van der Waals surface area contributed by atoms with E-state index < -0.39 is 0 Å². The molecule has 2 unspecified atom stereocenters. The SMILES string of the molecule is CC1CN(C(=O)CSc2nc3ccccc3c(=O)n2CCC2=CCCCC2)CC(C)O1. The smallest absolute Gasteiger partial charge is 0.262 e. The van der Waals surface area contributed by atoms with Crippen molar-refractivity contribution < 1.29 is 9.53 Å². The summed E-state index contributed by atoms with van der Waals surface area (Å²) in [5.74, 6) is 0.336. The van der Waals surface area contributed by atoms with Crippen molar-refractivity contribution in [1.82, 2.24) is 14.5 Å². The molecule has 0 saturated carbocycles. The largest absolute Gasteiger partial charge is 0.372 e. The number of para-hydroxylation sites is 1. The maximum absolute atomic E-state index is 13.2. The van der Waals surface area contributed by atoms with Crippen molar-refractivity contribution in [3.8, 4) is 0 Å². The van der Waals surface area contributed by atoms with E-state index in [-0.39, 0.29) is 29.4 Å². The molecule has 1 saturated heterocycles. The predicted molar refractivity (Wildman–Crippen MR) is 124 cm³/mol. The molecule has 1 aliphatic heterocycles. The van der Waals surface area contributed by atoms with Gasteiger partial charge < -0.3 is 9.64 Å². The Morgan fingerprint density at radius 3 is 2.71 bits per heavy atom. The van der Waals surface area contributed by atoms with Gasteiger partial charge in [-0.15, -0.1) is 0 Å². The summed E-state index contributed by atoms with van der Waals surface area (Å²) < 4.78 is 7.50. The Morgan fingerprint density at radius 1 is 1.19 bits per heavy atom.